The number of hydrogen-bond donors (Lipinski definition) is 0. The molecule has 4 aromatic rings. The van der Waals surface area contributed by atoms with Gasteiger partial charge in [0.15, 0.2) is 12.6 Å². The van der Waals surface area contributed by atoms with Crippen LogP contribution >= 0.6 is 0 Å². The zero-order valence-electron chi connectivity index (χ0n) is 64.2. The summed E-state index contributed by atoms with van der Waals surface area (Å²) in [6.07, 6.45) is 14.8. The molecule has 0 aliphatic carbocycles. The number of carbonyl (C=O) groups is 5. The molecule has 22 heteroatoms. The molecule has 1 spiro atoms. The summed E-state index contributed by atoms with van der Waals surface area (Å²) in [5.41, 5.74) is 7.25. The lowest BCUT2D eigenvalue weighted by atomic mass is 9.91. The van der Waals surface area contributed by atoms with Crippen LogP contribution in [-0.2, 0) is 76.5 Å². The second kappa shape index (κ2) is 49.8. The fourth-order valence-electron chi connectivity index (χ4n) is 9.84. The van der Waals surface area contributed by atoms with E-state index in [4.69, 9.17) is 52.1 Å². The van der Waals surface area contributed by atoms with Crippen LogP contribution in [0.5, 0.6) is 0 Å². The van der Waals surface area contributed by atoms with Crippen molar-refractivity contribution in [3.8, 4) is 0 Å². The average molecular weight is 1480 g/mol. The summed E-state index contributed by atoms with van der Waals surface area (Å²) in [7, 11) is 21.0. The van der Waals surface area contributed by atoms with Gasteiger partial charge in [0.25, 0.3) is 0 Å². The van der Waals surface area contributed by atoms with Gasteiger partial charge < -0.3 is 86.9 Å². The molecule has 0 saturated carbocycles. The third-order valence-corrected chi connectivity index (χ3v) is 16.1. The van der Waals surface area contributed by atoms with E-state index in [-0.39, 0.29) is 60.7 Å². The standard InChI is InChI=1S/C27H38N2O3.C16H22NO2.C15H30N2O3.C14H14O4.C11H16O4.ClH/c1-7-23-9-13-25(14-10-23)21-28(3,4)17-19-31-27(30)32-20-18-29(5,6)22-26-15-11-24(8-2)12-16-26;1-5-14-7-9-15(10-8-14)13-17(3,4)11-12-19-16(18)6-2;1-7-9-16(3,4)11-13-19-15(18)20-14-12-17(5,6)10-8-2;1-3-9-17-13(15)11-7-5-6-8-12(11)14(16)18-10-4-2;1-3-9-12-5-11(6-13-9)7-14-10(4-2)15-8-11;/h7-16H,1-2,17-22H2,3-6H3;5-10H,1-2,11-13H2,3-4H3;7-8H,1-2,9-14H2,3-6H3;3-8H,1-2,9-10H2;3-4,9-10H,1-2,5-8H2;1H/q+2;+1;+2;;;/p-1. The Balaban J connectivity index is 0.000000673. The molecular formula is C83H120ClN5O16+4. The van der Waals surface area contributed by atoms with Crippen molar-refractivity contribution in [3.63, 3.8) is 0 Å². The van der Waals surface area contributed by atoms with Crippen LogP contribution in [0.15, 0.2) is 205 Å². The van der Waals surface area contributed by atoms with E-state index in [2.05, 4.69) is 209 Å². The van der Waals surface area contributed by atoms with Crippen LogP contribution < -0.4 is 12.4 Å². The van der Waals surface area contributed by atoms with Crippen LogP contribution in [0.1, 0.15) is 54.1 Å². The Morgan fingerprint density at radius 3 is 0.914 bits per heavy atom. The van der Waals surface area contributed by atoms with E-state index in [1.807, 2.05) is 30.4 Å². The van der Waals surface area contributed by atoms with Gasteiger partial charge in [-0.05, 0) is 53.1 Å². The van der Waals surface area contributed by atoms with Gasteiger partial charge in [0, 0.05) is 22.8 Å². The lowest BCUT2D eigenvalue weighted by Gasteiger charge is -2.42. The maximum absolute atomic E-state index is 12.0. The van der Waals surface area contributed by atoms with Gasteiger partial charge >= 0.3 is 30.2 Å². The molecule has 0 unspecified atom stereocenters. The van der Waals surface area contributed by atoms with Gasteiger partial charge in [-0.3, -0.25) is 0 Å². The summed E-state index contributed by atoms with van der Waals surface area (Å²) in [6, 6.07) is 31.3. The second-order valence-corrected chi connectivity index (χ2v) is 28.1. The number of rotatable bonds is 37. The third-order valence-electron chi connectivity index (χ3n) is 16.1. The zero-order chi connectivity index (χ0) is 77.7. The summed E-state index contributed by atoms with van der Waals surface area (Å²) < 4.78 is 61.0. The third kappa shape index (κ3) is 40.9. The number of esters is 3. The Kier molecular flexibility index (Phi) is 44.7. The molecule has 0 atom stereocenters. The molecule has 0 bridgehead atoms. The molecule has 6 rings (SSSR count). The van der Waals surface area contributed by atoms with Gasteiger partial charge in [-0.1, -0.05) is 181 Å². The number of nitrogens with zero attached hydrogens (tertiary/aromatic N) is 5. The van der Waals surface area contributed by atoms with Crippen molar-refractivity contribution < 1.29 is 111 Å². The number of hydrogen-bond acceptors (Lipinski definition) is 16. The average Bonchev–Trinajstić information content (AvgIpc) is 0.810. The fourth-order valence-corrected chi connectivity index (χ4v) is 9.84. The van der Waals surface area contributed by atoms with Crippen molar-refractivity contribution >= 4 is 48.4 Å². The maximum atomic E-state index is 12.0. The predicted octanol–water partition coefficient (Wildman–Crippen LogP) is 9.75. The molecule has 2 aliphatic rings. The first-order valence-electron chi connectivity index (χ1n) is 34.5. The molecule has 0 aromatic heterocycles. The van der Waals surface area contributed by atoms with E-state index in [1.165, 1.54) is 47.1 Å². The molecule has 4 aromatic carbocycles. The van der Waals surface area contributed by atoms with Crippen molar-refractivity contribution in [2.24, 2.45) is 5.41 Å². The Bertz CT molecular complexity index is 3170. The molecule has 0 N–H and O–H groups in total. The normalized spacial score (nSPS) is 15.3. The molecule has 576 valence electrons. The first-order valence-corrected chi connectivity index (χ1v) is 34.5. The Morgan fingerprint density at radius 1 is 0.390 bits per heavy atom. The Morgan fingerprint density at radius 2 is 0.667 bits per heavy atom. The molecule has 105 heavy (non-hydrogen) atoms. The minimum Gasteiger partial charge on any atom is -1.00 e. The van der Waals surface area contributed by atoms with Crippen molar-refractivity contribution in [2.75, 3.05) is 189 Å². The van der Waals surface area contributed by atoms with Gasteiger partial charge in [-0.15, -0.1) is 0 Å². The van der Waals surface area contributed by atoms with Gasteiger partial charge in [-0.25, -0.2) is 24.0 Å². The number of benzene rings is 4. The molecule has 2 aliphatic heterocycles. The van der Waals surface area contributed by atoms with Gasteiger partial charge in [0.2, 0.25) is 0 Å². The second-order valence-electron chi connectivity index (χ2n) is 28.1. The molecule has 21 nitrogen and oxygen atoms in total. The van der Waals surface area contributed by atoms with E-state index in [1.54, 1.807) is 24.3 Å². The quantitative estimate of drug-likeness (QED) is 0.0136. The van der Waals surface area contributed by atoms with E-state index in [0.717, 1.165) is 91.5 Å². The highest BCUT2D eigenvalue weighted by Crippen LogP contribution is 2.30. The van der Waals surface area contributed by atoms with Crippen LogP contribution in [0.3, 0.4) is 0 Å². The van der Waals surface area contributed by atoms with Gasteiger partial charge in [0.1, 0.15) is 98.6 Å². The van der Waals surface area contributed by atoms with Crippen LogP contribution in [0.2, 0.25) is 0 Å². The summed E-state index contributed by atoms with van der Waals surface area (Å²) in [4.78, 5) is 57.8. The lowest BCUT2D eigenvalue weighted by molar-refractivity contribution is -0.904. The highest BCUT2D eigenvalue weighted by Gasteiger charge is 2.41. The summed E-state index contributed by atoms with van der Waals surface area (Å²) in [6.45, 7) is 48.4. The molecule has 2 heterocycles. The van der Waals surface area contributed by atoms with E-state index in [0.29, 0.717) is 72.6 Å². The largest absolute Gasteiger partial charge is 1.00 e. The van der Waals surface area contributed by atoms with Crippen LogP contribution in [0, 0.1) is 5.41 Å². The first kappa shape index (κ1) is 94.2. The minimum atomic E-state index is -0.601. The highest BCUT2D eigenvalue weighted by molar-refractivity contribution is 6.03. The van der Waals surface area contributed by atoms with Crippen molar-refractivity contribution in [1.82, 2.24) is 0 Å². The molecular weight excluding hydrogens is 1360 g/mol. The molecule has 0 radical (unpaired) electrons. The monoisotopic (exact) mass is 1480 g/mol. The lowest BCUT2D eigenvalue weighted by Crippen LogP contribution is -3.00. The van der Waals surface area contributed by atoms with Crippen molar-refractivity contribution in [1.29, 1.82) is 0 Å². The number of carbonyl (C=O) groups excluding carboxylic acids is 5. The summed E-state index contributed by atoms with van der Waals surface area (Å²) in [5.74, 6) is -1.53. The van der Waals surface area contributed by atoms with Crippen LogP contribution in [0.4, 0.5) is 9.59 Å². The highest BCUT2D eigenvalue weighted by atomic mass is 35.5. The fraction of sp³-hybridized carbons (Fsp3) is 0.410. The number of ether oxygens (including phenoxy) is 11. The smallest absolute Gasteiger partial charge is 0.508 e. The maximum Gasteiger partial charge on any atom is 0.508 e. The number of halogens is 1. The summed E-state index contributed by atoms with van der Waals surface area (Å²) >= 11 is 0. The van der Waals surface area contributed by atoms with Crippen molar-refractivity contribution in [2.45, 2.75) is 32.2 Å². The van der Waals surface area contributed by atoms with Gasteiger partial charge in [-0.2, -0.15) is 0 Å². The SMILES string of the molecule is C=CC(=O)OCC[N+](C)(C)Cc1ccc(C=C)cc1.C=CC1OCC2(CO1)COC(C=C)OC2.C=CCOC(=O)c1ccccc1C(=O)OCC=C.C=CC[N+](C)(C)CCOC(=O)OCC[N+](C)(C)CC=C.C=Cc1ccc(C[N+](C)(C)CCOC(=O)OCC[N+](C)(C)Cc2ccc(C=C)cc2)cc1.[Cl-]. The number of quaternary nitrogens is 5. The summed E-state index contributed by atoms with van der Waals surface area (Å²) in [5, 5.41) is 0. The Hall–Kier alpha value is -8.84. The molecule has 2 fully saturated rings. The van der Waals surface area contributed by atoms with Crippen molar-refractivity contribution in [3.05, 3.63) is 250 Å². The van der Waals surface area contributed by atoms with Crippen LogP contribution in [0.25, 0.3) is 18.2 Å². The first-order chi connectivity index (χ1) is 49.3. The van der Waals surface area contributed by atoms with Crippen LogP contribution in [-0.4, -0.2) is 254 Å². The zero-order valence-corrected chi connectivity index (χ0v) is 65.0. The Labute approximate surface area is 632 Å². The topological polar surface area (TPSA) is 187 Å². The number of likely N-dealkylation sites (N-methyl/N-ethyl adjacent to an activating group) is 5. The predicted molar refractivity (Wildman–Crippen MR) is 413 cm³/mol. The molecule has 0 amide bonds. The van der Waals surface area contributed by atoms with E-state index in [9.17, 15) is 24.0 Å². The van der Waals surface area contributed by atoms with E-state index < -0.39 is 24.2 Å². The van der Waals surface area contributed by atoms with E-state index >= 15 is 0 Å². The molecule has 2 saturated heterocycles. The van der Waals surface area contributed by atoms with Gasteiger partial charge in [0.05, 0.1) is 127 Å². The minimum absolute atomic E-state index is 0.